The highest BCUT2D eigenvalue weighted by Crippen LogP contribution is 2.26. The van der Waals surface area contributed by atoms with Gasteiger partial charge in [0, 0.05) is 18.0 Å². The summed E-state index contributed by atoms with van der Waals surface area (Å²) in [5.41, 5.74) is 1.95. The van der Waals surface area contributed by atoms with Crippen LogP contribution in [-0.4, -0.2) is 15.2 Å². The number of pyridine rings is 1. The summed E-state index contributed by atoms with van der Waals surface area (Å²) in [6.07, 6.45) is 4.84. The molecule has 0 aliphatic heterocycles. The molecule has 0 aliphatic carbocycles. The van der Waals surface area contributed by atoms with Crippen LogP contribution in [-0.2, 0) is 0 Å². The van der Waals surface area contributed by atoms with E-state index in [0.717, 1.165) is 17.2 Å². The maximum Gasteiger partial charge on any atom is 0.255 e. The highest BCUT2D eigenvalue weighted by molar-refractivity contribution is 6.30. The average molecular weight is 290 g/mol. The van der Waals surface area contributed by atoms with Crippen molar-refractivity contribution in [1.29, 1.82) is 0 Å². The zero-order valence-corrected chi connectivity index (χ0v) is 10.9. The van der Waals surface area contributed by atoms with Gasteiger partial charge >= 0.3 is 0 Å². The molecule has 1 N–H and O–H groups in total. The first kappa shape index (κ1) is 12.6. The van der Waals surface area contributed by atoms with Crippen molar-refractivity contribution in [3.05, 3.63) is 59.8 Å². The van der Waals surface area contributed by atoms with Crippen molar-refractivity contribution in [2.24, 2.45) is 0 Å². The van der Waals surface area contributed by atoms with Crippen molar-refractivity contribution < 1.29 is 9.13 Å². The Morgan fingerprint density at radius 2 is 1.90 bits per heavy atom. The van der Waals surface area contributed by atoms with Gasteiger partial charge in [0.05, 0.1) is 11.2 Å². The quantitative estimate of drug-likeness (QED) is 0.791. The third-order valence-corrected chi connectivity index (χ3v) is 2.88. The molecule has 3 rings (SSSR count). The van der Waals surface area contributed by atoms with Crippen molar-refractivity contribution in [3.8, 4) is 22.8 Å². The molecule has 0 atom stereocenters. The number of rotatable bonds is 3. The van der Waals surface area contributed by atoms with E-state index in [1.54, 1.807) is 24.5 Å². The Morgan fingerprint density at radius 1 is 1.10 bits per heavy atom. The molecule has 0 saturated heterocycles. The maximum absolute atomic E-state index is 13.6. The van der Waals surface area contributed by atoms with Crippen LogP contribution in [0.15, 0.2) is 48.9 Å². The molecule has 0 aliphatic rings. The summed E-state index contributed by atoms with van der Waals surface area (Å²) < 4.78 is 18.9. The smallest absolute Gasteiger partial charge is 0.255 e. The number of aromatic nitrogens is 3. The molecule has 2 aromatic heterocycles. The third kappa shape index (κ3) is 2.62. The summed E-state index contributed by atoms with van der Waals surface area (Å²) in [5, 5.41) is 6.85. The lowest BCUT2D eigenvalue weighted by Gasteiger charge is -2.06. The average Bonchev–Trinajstić information content (AvgIpc) is 2.97. The van der Waals surface area contributed by atoms with Gasteiger partial charge in [0.25, 0.3) is 5.88 Å². The second-order valence-corrected chi connectivity index (χ2v) is 4.49. The number of aromatic amines is 1. The first-order valence-electron chi connectivity index (χ1n) is 5.80. The van der Waals surface area contributed by atoms with Gasteiger partial charge < -0.3 is 4.74 Å². The number of nitrogens with zero attached hydrogens (tertiary/aromatic N) is 2. The fourth-order valence-electron chi connectivity index (χ4n) is 1.71. The Kier molecular flexibility index (Phi) is 3.35. The largest absolute Gasteiger partial charge is 0.436 e. The molecular weight excluding hydrogens is 281 g/mol. The van der Waals surface area contributed by atoms with E-state index in [1.807, 2.05) is 12.1 Å². The van der Waals surface area contributed by atoms with Crippen molar-refractivity contribution in [2.45, 2.75) is 0 Å². The second kappa shape index (κ2) is 5.30. The predicted octanol–water partition coefficient (Wildman–Crippen LogP) is 4.06. The van der Waals surface area contributed by atoms with Crippen LogP contribution in [0, 0.1) is 5.82 Å². The van der Waals surface area contributed by atoms with E-state index in [1.165, 1.54) is 6.20 Å². The number of hydrogen-bond acceptors (Lipinski definition) is 3. The first-order valence-corrected chi connectivity index (χ1v) is 6.18. The molecule has 0 spiro atoms. The molecule has 100 valence electrons. The van der Waals surface area contributed by atoms with Gasteiger partial charge in [-0.1, -0.05) is 23.7 Å². The normalized spacial score (nSPS) is 10.5. The fourth-order valence-corrected chi connectivity index (χ4v) is 1.86. The SMILES string of the molecule is Fc1cc(Cl)cnc1Oc1ccc(-c2cn[nH]c2)cc1. The summed E-state index contributed by atoms with van der Waals surface area (Å²) in [6.45, 7) is 0. The van der Waals surface area contributed by atoms with Crippen LogP contribution in [0.5, 0.6) is 11.6 Å². The van der Waals surface area contributed by atoms with E-state index < -0.39 is 5.82 Å². The van der Waals surface area contributed by atoms with Crippen LogP contribution >= 0.6 is 11.6 Å². The lowest BCUT2D eigenvalue weighted by molar-refractivity contribution is 0.423. The lowest BCUT2D eigenvalue weighted by atomic mass is 10.1. The van der Waals surface area contributed by atoms with Gasteiger partial charge in [-0.25, -0.2) is 9.37 Å². The monoisotopic (exact) mass is 289 g/mol. The zero-order valence-electron chi connectivity index (χ0n) is 10.2. The second-order valence-electron chi connectivity index (χ2n) is 4.05. The van der Waals surface area contributed by atoms with E-state index in [9.17, 15) is 4.39 Å². The zero-order chi connectivity index (χ0) is 13.9. The van der Waals surface area contributed by atoms with Gasteiger partial charge in [-0.3, -0.25) is 5.10 Å². The number of halogens is 2. The molecule has 0 amide bonds. The number of hydrogen-bond donors (Lipinski definition) is 1. The Bertz CT molecular complexity index is 714. The molecule has 4 nitrogen and oxygen atoms in total. The highest BCUT2D eigenvalue weighted by atomic mass is 35.5. The van der Waals surface area contributed by atoms with Gasteiger partial charge in [0.1, 0.15) is 5.75 Å². The molecule has 2 heterocycles. The van der Waals surface area contributed by atoms with Gasteiger partial charge in [0.15, 0.2) is 5.82 Å². The standard InChI is InChI=1S/C14H9ClFN3O/c15-11-5-13(16)14(17-8-11)20-12-3-1-9(2-4-12)10-6-18-19-7-10/h1-8H,(H,18,19). The number of benzene rings is 1. The van der Waals surface area contributed by atoms with Gasteiger partial charge in [-0.2, -0.15) is 5.10 Å². The molecular formula is C14H9ClFN3O. The Morgan fingerprint density at radius 3 is 2.55 bits per heavy atom. The Hall–Kier alpha value is -2.40. The summed E-state index contributed by atoms with van der Waals surface area (Å²) in [4.78, 5) is 3.80. The number of H-pyrrole nitrogens is 1. The van der Waals surface area contributed by atoms with Crippen molar-refractivity contribution in [3.63, 3.8) is 0 Å². The van der Waals surface area contributed by atoms with Crippen molar-refractivity contribution in [1.82, 2.24) is 15.2 Å². The Balaban J connectivity index is 1.81. The van der Waals surface area contributed by atoms with Crippen LogP contribution in [0.2, 0.25) is 5.02 Å². The maximum atomic E-state index is 13.6. The van der Waals surface area contributed by atoms with Gasteiger partial charge in [0.2, 0.25) is 0 Å². The Labute approximate surface area is 119 Å². The molecule has 0 saturated carbocycles. The topological polar surface area (TPSA) is 50.8 Å². The highest BCUT2D eigenvalue weighted by Gasteiger charge is 2.07. The summed E-state index contributed by atoms with van der Waals surface area (Å²) in [7, 11) is 0. The minimum atomic E-state index is -0.601. The van der Waals surface area contributed by atoms with Gasteiger partial charge in [-0.05, 0) is 23.8 Å². The van der Waals surface area contributed by atoms with E-state index >= 15 is 0 Å². The summed E-state index contributed by atoms with van der Waals surface area (Å²) in [6, 6.07) is 8.34. The molecule has 3 aromatic rings. The van der Waals surface area contributed by atoms with Crippen LogP contribution in [0.25, 0.3) is 11.1 Å². The van der Waals surface area contributed by atoms with Gasteiger partial charge in [-0.15, -0.1) is 0 Å². The van der Waals surface area contributed by atoms with E-state index in [-0.39, 0.29) is 10.9 Å². The molecule has 0 bridgehead atoms. The fraction of sp³-hybridized carbons (Fsp3) is 0. The number of ether oxygens (including phenoxy) is 1. The van der Waals surface area contributed by atoms with Crippen LogP contribution in [0.4, 0.5) is 4.39 Å². The minimum absolute atomic E-state index is 0.106. The third-order valence-electron chi connectivity index (χ3n) is 2.67. The lowest BCUT2D eigenvalue weighted by Crippen LogP contribution is -1.91. The molecule has 0 radical (unpaired) electrons. The van der Waals surface area contributed by atoms with Crippen molar-refractivity contribution >= 4 is 11.6 Å². The molecule has 1 aromatic carbocycles. The van der Waals surface area contributed by atoms with Crippen LogP contribution < -0.4 is 4.74 Å². The molecule has 6 heteroatoms. The van der Waals surface area contributed by atoms with Crippen molar-refractivity contribution in [2.75, 3.05) is 0 Å². The summed E-state index contributed by atoms with van der Waals surface area (Å²) >= 11 is 5.63. The number of nitrogens with one attached hydrogen (secondary N) is 1. The minimum Gasteiger partial charge on any atom is -0.436 e. The van der Waals surface area contributed by atoms with Crippen LogP contribution in [0.3, 0.4) is 0 Å². The molecule has 20 heavy (non-hydrogen) atoms. The van der Waals surface area contributed by atoms with E-state index in [0.29, 0.717) is 5.75 Å². The predicted molar refractivity (Wildman–Crippen MR) is 73.3 cm³/mol. The molecule has 0 fully saturated rings. The van der Waals surface area contributed by atoms with Crippen LogP contribution in [0.1, 0.15) is 0 Å². The first-order chi connectivity index (χ1) is 9.72. The summed E-state index contributed by atoms with van der Waals surface area (Å²) in [5.74, 6) is -0.215. The molecule has 0 unspecified atom stereocenters. The van der Waals surface area contributed by atoms with E-state index in [2.05, 4.69) is 15.2 Å². The van der Waals surface area contributed by atoms with E-state index in [4.69, 9.17) is 16.3 Å².